The molecule has 4 heterocycles. The molecule has 0 unspecified atom stereocenters. The summed E-state index contributed by atoms with van der Waals surface area (Å²) < 4.78 is 3.46. The molecule has 1 aliphatic rings. The van der Waals surface area contributed by atoms with Crippen molar-refractivity contribution in [2.45, 2.75) is 19.8 Å². The van der Waals surface area contributed by atoms with Crippen LogP contribution in [0.25, 0.3) is 16.6 Å². The number of carbonyl (C=O) groups excluding carboxylic acids is 1. The Morgan fingerprint density at radius 1 is 1.29 bits per heavy atom. The summed E-state index contributed by atoms with van der Waals surface area (Å²) in [7, 11) is 1.93. The first kappa shape index (κ1) is 19.5. The van der Waals surface area contributed by atoms with Crippen molar-refractivity contribution in [1.82, 2.24) is 24.4 Å². The first-order valence-electron chi connectivity index (χ1n) is 10.5. The summed E-state index contributed by atoms with van der Waals surface area (Å²) in [5, 5.41) is 22.4. The van der Waals surface area contributed by atoms with E-state index in [2.05, 4.69) is 31.5 Å². The van der Waals surface area contributed by atoms with Crippen LogP contribution in [0.2, 0.25) is 0 Å². The number of aromatic nitrogens is 5. The monoisotopic (exact) mass is 419 g/mol. The fourth-order valence-electron chi connectivity index (χ4n) is 4.36. The van der Waals surface area contributed by atoms with Crippen LogP contribution >= 0.6 is 0 Å². The van der Waals surface area contributed by atoms with E-state index in [0.717, 1.165) is 53.9 Å². The smallest absolute Gasteiger partial charge is 0.261 e. The minimum absolute atomic E-state index is 0.221. The lowest BCUT2D eigenvalue weighted by molar-refractivity contribution is 0.102. The van der Waals surface area contributed by atoms with Crippen molar-refractivity contribution in [2.75, 3.05) is 29.9 Å². The van der Waals surface area contributed by atoms with Crippen LogP contribution in [0, 0.1) is 12.8 Å². The maximum Gasteiger partial charge on any atom is 0.261 e. The Hall–Kier alpha value is -3.46. The van der Waals surface area contributed by atoms with Crippen molar-refractivity contribution in [3.8, 4) is 0 Å². The molecule has 1 aliphatic heterocycles. The van der Waals surface area contributed by atoms with E-state index in [4.69, 9.17) is 0 Å². The summed E-state index contributed by atoms with van der Waals surface area (Å²) >= 11 is 0. The molecule has 0 saturated carbocycles. The average molecular weight is 419 g/mol. The van der Waals surface area contributed by atoms with E-state index in [1.165, 1.54) is 6.20 Å². The van der Waals surface area contributed by atoms with Gasteiger partial charge in [0.2, 0.25) is 0 Å². The Morgan fingerprint density at radius 3 is 2.87 bits per heavy atom. The van der Waals surface area contributed by atoms with Crippen LogP contribution < -0.4 is 10.2 Å². The summed E-state index contributed by atoms with van der Waals surface area (Å²) in [5.41, 5.74) is 4.58. The first-order chi connectivity index (χ1) is 15.0. The molecule has 1 aromatic carbocycles. The predicted octanol–water partition coefficient (Wildman–Crippen LogP) is 2.39. The van der Waals surface area contributed by atoms with Gasteiger partial charge in [0, 0.05) is 44.5 Å². The van der Waals surface area contributed by atoms with E-state index in [0.29, 0.717) is 17.1 Å². The highest BCUT2D eigenvalue weighted by Gasteiger charge is 2.24. The Bertz CT molecular complexity index is 1270. The predicted molar refractivity (Wildman–Crippen MR) is 118 cm³/mol. The lowest BCUT2D eigenvalue weighted by Gasteiger charge is -2.34. The van der Waals surface area contributed by atoms with Gasteiger partial charge in [-0.2, -0.15) is 10.2 Å². The molecule has 9 nitrogen and oxygen atoms in total. The van der Waals surface area contributed by atoms with E-state index in [-0.39, 0.29) is 12.5 Å². The molecule has 1 amide bonds. The molecule has 31 heavy (non-hydrogen) atoms. The van der Waals surface area contributed by atoms with Gasteiger partial charge < -0.3 is 15.3 Å². The third kappa shape index (κ3) is 3.40. The summed E-state index contributed by atoms with van der Waals surface area (Å²) in [4.78, 5) is 19.7. The molecular formula is C22H25N7O2. The number of fused-ring (bicyclic) bond motifs is 2. The third-order valence-corrected chi connectivity index (χ3v) is 6.14. The van der Waals surface area contributed by atoms with E-state index in [1.54, 1.807) is 23.0 Å². The Balaban J connectivity index is 1.54. The van der Waals surface area contributed by atoms with Crippen LogP contribution in [-0.4, -0.2) is 55.1 Å². The zero-order chi connectivity index (χ0) is 21.5. The molecule has 0 spiro atoms. The zero-order valence-corrected chi connectivity index (χ0v) is 17.6. The van der Waals surface area contributed by atoms with E-state index < -0.39 is 0 Å². The SMILES string of the molecule is Cc1nn(C)c2cc(N3CCC(CO)CC3)c(NC(=O)c3cnn4cccnc34)cc12. The van der Waals surface area contributed by atoms with Crippen molar-refractivity contribution in [3.05, 3.63) is 48.0 Å². The first-order valence-corrected chi connectivity index (χ1v) is 10.5. The molecule has 4 aromatic rings. The maximum atomic E-state index is 13.2. The molecule has 0 aliphatic carbocycles. The van der Waals surface area contributed by atoms with E-state index in [1.807, 2.05) is 24.7 Å². The summed E-state index contributed by atoms with van der Waals surface area (Å²) in [6, 6.07) is 5.87. The van der Waals surface area contributed by atoms with Crippen LogP contribution in [-0.2, 0) is 7.05 Å². The largest absolute Gasteiger partial charge is 0.396 e. The molecule has 5 rings (SSSR count). The van der Waals surface area contributed by atoms with Gasteiger partial charge in [-0.15, -0.1) is 0 Å². The van der Waals surface area contributed by atoms with E-state index >= 15 is 0 Å². The molecular weight excluding hydrogens is 394 g/mol. The summed E-state index contributed by atoms with van der Waals surface area (Å²) in [6.45, 7) is 3.85. The highest BCUT2D eigenvalue weighted by atomic mass is 16.3. The topological polar surface area (TPSA) is 101 Å². The van der Waals surface area contributed by atoms with Gasteiger partial charge in [0.05, 0.1) is 28.8 Å². The molecule has 2 N–H and O–H groups in total. The van der Waals surface area contributed by atoms with Crippen molar-refractivity contribution in [1.29, 1.82) is 0 Å². The molecule has 1 saturated heterocycles. The molecule has 160 valence electrons. The number of rotatable bonds is 4. The number of aliphatic hydroxyl groups is 1. The fraction of sp³-hybridized carbons (Fsp3) is 0.364. The second-order valence-electron chi connectivity index (χ2n) is 8.11. The normalized spacial score (nSPS) is 15.1. The van der Waals surface area contributed by atoms with Crippen LogP contribution in [0.3, 0.4) is 0 Å². The fourth-order valence-corrected chi connectivity index (χ4v) is 4.36. The lowest BCUT2D eigenvalue weighted by Crippen LogP contribution is -2.35. The van der Waals surface area contributed by atoms with Gasteiger partial charge in [-0.25, -0.2) is 9.50 Å². The molecule has 0 atom stereocenters. The number of carbonyl (C=O) groups is 1. The average Bonchev–Trinajstić information content (AvgIpc) is 3.34. The number of piperidine rings is 1. The van der Waals surface area contributed by atoms with Gasteiger partial charge in [-0.3, -0.25) is 9.48 Å². The van der Waals surface area contributed by atoms with Gasteiger partial charge in [-0.1, -0.05) is 0 Å². The van der Waals surface area contributed by atoms with E-state index in [9.17, 15) is 9.90 Å². The molecule has 0 bridgehead atoms. The number of aliphatic hydroxyl groups excluding tert-OH is 1. The molecule has 9 heteroatoms. The number of benzene rings is 1. The van der Waals surface area contributed by atoms with Crippen molar-refractivity contribution in [2.24, 2.45) is 13.0 Å². The number of hydrogen-bond acceptors (Lipinski definition) is 6. The summed E-state index contributed by atoms with van der Waals surface area (Å²) in [5.74, 6) is 0.0860. The van der Waals surface area contributed by atoms with Crippen LogP contribution in [0.5, 0.6) is 0 Å². The van der Waals surface area contributed by atoms with Crippen molar-refractivity contribution >= 4 is 33.8 Å². The Morgan fingerprint density at radius 2 is 2.10 bits per heavy atom. The molecule has 0 radical (unpaired) electrons. The Labute approximate surface area is 179 Å². The van der Waals surface area contributed by atoms with Gasteiger partial charge >= 0.3 is 0 Å². The lowest BCUT2D eigenvalue weighted by atomic mass is 9.97. The van der Waals surface area contributed by atoms with Gasteiger partial charge in [0.15, 0.2) is 5.65 Å². The summed E-state index contributed by atoms with van der Waals surface area (Å²) in [6.07, 6.45) is 6.79. The third-order valence-electron chi connectivity index (χ3n) is 6.14. The number of nitrogens with zero attached hydrogens (tertiary/aromatic N) is 6. The molecule has 1 fully saturated rings. The quantitative estimate of drug-likeness (QED) is 0.527. The van der Waals surface area contributed by atoms with Gasteiger partial charge in [-0.05, 0) is 43.9 Å². The van der Waals surface area contributed by atoms with Gasteiger partial charge in [0.25, 0.3) is 5.91 Å². The zero-order valence-electron chi connectivity index (χ0n) is 17.6. The van der Waals surface area contributed by atoms with Gasteiger partial charge in [0.1, 0.15) is 5.56 Å². The maximum absolute atomic E-state index is 13.2. The number of aryl methyl sites for hydroxylation is 2. The standard InChI is InChI=1S/C22H25N7O2/c1-14-16-10-18(25-22(31)17-12-24-29-7-3-6-23-21(17)29)20(11-19(16)27(2)26-14)28-8-4-15(13-30)5-9-28/h3,6-7,10-12,15,30H,4-5,8-9,13H2,1-2H3,(H,25,31). The minimum atomic E-state index is -0.249. The van der Waals surface area contributed by atoms with Crippen LogP contribution in [0.4, 0.5) is 11.4 Å². The second kappa shape index (κ2) is 7.66. The minimum Gasteiger partial charge on any atom is -0.396 e. The molecule has 3 aromatic heterocycles. The second-order valence-corrected chi connectivity index (χ2v) is 8.11. The number of anilines is 2. The van der Waals surface area contributed by atoms with Crippen LogP contribution in [0.1, 0.15) is 28.9 Å². The number of nitrogens with one attached hydrogen (secondary N) is 1. The number of amides is 1. The van der Waals surface area contributed by atoms with Crippen molar-refractivity contribution in [3.63, 3.8) is 0 Å². The Kier molecular flexibility index (Phi) is 4.82. The number of hydrogen-bond donors (Lipinski definition) is 2. The van der Waals surface area contributed by atoms with Crippen LogP contribution in [0.15, 0.2) is 36.8 Å². The highest BCUT2D eigenvalue weighted by Crippen LogP contribution is 2.35. The highest BCUT2D eigenvalue weighted by molar-refractivity contribution is 6.10. The van der Waals surface area contributed by atoms with Crippen molar-refractivity contribution < 1.29 is 9.90 Å².